The molecule has 0 heterocycles. The van der Waals surface area contributed by atoms with Crippen molar-refractivity contribution in [3.05, 3.63) is 52.0 Å². The van der Waals surface area contributed by atoms with E-state index in [0.29, 0.717) is 12.1 Å². The lowest BCUT2D eigenvalue weighted by Crippen LogP contribution is -2.37. The second kappa shape index (κ2) is 9.49. The number of nitrogens with zero attached hydrogens (tertiary/aromatic N) is 1. The fourth-order valence-electron chi connectivity index (χ4n) is 2.67. The number of benzene rings is 2. The molecule has 0 atom stereocenters. The van der Waals surface area contributed by atoms with Gasteiger partial charge in [0.15, 0.2) is 0 Å². The average Bonchev–Trinajstić information content (AvgIpc) is 2.68. The zero-order valence-corrected chi connectivity index (χ0v) is 18.1. The van der Waals surface area contributed by atoms with E-state index in [1.807, 2.05) is 6.92 Å². The Morgan fingerprint density at radius 2 is 1.75 bits per heavy atom. The number of esters is 1. The highest BCUT2D eigenvalue weighted by Crippen LogP contribution is 2.39. The lowest BCUT2D eigenvalue weighted by Gasteiger charge is -2.26. The minimum atomic E-state index is -4.22. The summed E-state index contributed by atoms with van der Waals surface area (Å²) in [5.41, 5.74) is 1.13. The fourth-order valence-corrected chi connectivity index (χ4v) is 4.93. The fraction of sp³-hybridized carbons (Fsp3) is 0.316. The van der Waals surface area contributed by atoms with Gasteiger partial charge >= 0.3 is 5.97 Å². The molecular weight excluding hydrogens is 425 g/mol. The van der Waals surface area contributed by atoms with E-state index < -0.39 is 22.5 Å². The minimum Gasteiger partial charge on any atom is -0.495 e. The summed E-state index contributed by atoms with van der Waals surface area (Å²) in [4.78, 5) is 11.9. The predicted molar refractivity (Wildman–Crippen MR) is 110 cm³/mol. The first-order valence-electron chi connectivity index (χ1n) is 8.56. The smallest absolute Gasteiger partial charge is 0.326 e. The van der Waals surface area contributed by atoms with Gasteiger partial charge in [-0.2, -0.15) is 0 Å². The molecule has 2 aromatic carbocycles. The Bertz CT molecular complexity index is 963. The van der Waals surface area contributed by atoms with Gasteiger partial charge in [0.1, 0.15) is 22.2 Å². The summed E-state index contributed by atoms with van der Waals surface area (Å²) in [6.45, 7) is 3.19. The van der Waals surface area contributed by atoms with Gasteiger partial charge in [-0.25, -0.2) is 8.42 Å². The molecule has 0 aliphatic heterocycles. The molecule has 28 heavy (non-hydrogen) atoms. The predicted octanol–water partition coefficient (Wildman–Crippen LogP) is 4.32. The summed E-state index contributed by atoms with van der Waals surface area (Å²) < 4.78 is 37.9. The van der Waals surface area contributed by atoms with Crippen molar-refractivity contribution in [3.8, 4) is 5.75 Å². The van der Waals surface area contributed by atoms with Gasteiger partial charge in [0.05, 0.1) is 24.4 Å². The van der Waals surface area contributed by atoms with Crippen LogP contribution in [0, 0.1) is 0 Å². The highest BCUT2D eigenvalue weighted by Gasteiger charge is 2.32. The monoisotopic (exact) mass is 445 g/mol. The molecule has 0 unspecified atom stereocenters. The van der Waals surface area contributed by atoms with Crippen LogP contribution in [0.3, 0.4) is 0 Å². The van der Waals surface area contributed by atoms with Gasteiger partial charge in [-0.15, -0.1) is 0 Å². The molecule has 9 heteroatoms. The van der Waals surface area contributed by atoms with Crippen molar-refractivity contribution in [1.29, 1.82) is 0 Å². The summed E-state index contributed by atoms with van der Waals surface area (Å²) in [6.07, 6.45) is 0.572. The Balaban J connectivity index is 2.65. The summed E-state index contributed by atoms with van der Waals surface area (Å²) in [6, 6.07) is 9.64. The van der Waals surface area contributed by atoms with E-state index in [1.54, 1.807) is 31.2 Å². The maximum absolute atomic E-state index is 13.4. The Kier molecular flexibility index (Phi) is 7.57. The standard InChI is InChI=1S/C19H21Cl2NO5S/c1-4-13-8-6-7-9-14(13)22(12-17(23)27-5-2)28(24,25)16-11-10-15(26-3)18(20)19(16)21/h6-11H,4-5,12H2,1-3H3. The second-order valence-corrected chi connectivity index (χ2v) is 8.28. The highest BCUT2D eigenvalue weighted by molar-refractivity contribution is 7.93. The van der Waals surface area contributed by atoms with Crippen LogP contribution in [0.4, 0.5) is 5.69 Å². The van der Waals surface area contributed by atoms with Crippen molar-refractivity contribution in [2.45, 2.75) is 25.2 Å². The second-order valence-electron chi connectivity index (χ2n) is 5.69. The molecule has 0 aliphatic rings. The molecular formula is C19H21Cl2NO5S. The van der Waals surface area contributed by atoms with E-state index in [1.165, 1.54) is 19.2 Å². The van der Waals surface area contributed by atoms with Gasteiger partial charge < -0.3 is 9.47 Å². The van der Waals surface area contributed by atoms with Crippen LogP contribution in [0.5, 0.6) is 5.75 Å². The first kappa shape index (κ1) is 22.3. The third kappa shape index (κ3) is 4.54. The largest absolute Gasteiger partial charge is 0.495 e. The molecule has 0 saturated carbocycles. The molecule has 2 aromatic rings. The molecule has 0 fully saturated rings. The Labute approximate surface area is 175 Å². The SMILES string of the molecule is CCOC(=O)CN(c1ccccc1CC)S(=O)(=O)c1ccc(OC)c(Cl)c1Cl. The number of halogens is 2. The third-order valence-corrected chi connectivity index (χ3v) is 6.80. The third-order valence-electron chi connectivity index (χ3n) is 4.02. The molecule has 0 spiro atoms. The van der Waals surface area contributed by atoms with Crippen LogP contribution in [-0.2, 0) is 26.0 Å². The van der Waals surface area contributed by atoms with Crippen molar-refractivity contribution in [3.63, 3.8) is 0 Å². The molecule has 152 valence electrons. The van der Waals surface area contributed by atoms with Crippen molar-refractivity contribution in [1.82, 2.24) is 0 Å². The van der Waals surface area contributed by atoms with Crippen LogP contribution in [0.15, 0.2) is 41.3 Å². The normalized spacial score (nSPS) is 11.2. The van der Waals surface area contributed by atoms with Gasteiger partial charge in [0.25, 0.3) is 10.0 Å². The summed E-state index contributed by atoms with van der Waals surface area (Å²) in [5, 5.41) is -0.200. The van der Waals surface area contributed by atoms with Crippen LogP contribution in [0.1, 0.15) is 19.4 Å². The van der Waals surface area contributed by atoms with Crippen molar-refractivity contribution >= 4 is 44.9 Å². The molecule has 0 bridgehead atoms. The van der Waals surface area contributed by atoms with Crippen molar-refractivity contribution in [2.75, 3.05) is 24.6 Å². The zero-order chi connectivity index (χ0) is 20.9. The number of carbonyl (C=O) groups excluding carboxylic acids is 1. The van der Waals surface area contributed by atoms with Crippen molar-refractivity contribution < 1.29 is 22.7 Å². The maximum Gasteiger partial charge on any atom is 0.326 e. The number of carbonyl (C=O) groups is 1. The van der Waals surface area contributed by atoms with E-state index in [9.17, 15) is 13.2 Å². The van der Waals surface area contributed by atoms with Crippen LogP contribution in [0.2, 0.25) is 10.0 Å². The summed E-state index contributed by atoms with van der Waals surface area (Å²) in [7, 11) is -2.82. The topological polar surface area (TPSA) is 72.9 Å². The molecule has 0 amide bonds. The van der Waals surface area contributed by atoms with Gasteiger partial charge in [-0.3, -0.25) is 9.10 Å². The number of methoxy groups -OCH3 is 1. The number of para-hydroxylation sites is 1. The van der Waals surface area contributed by atoms with Gasteiger partial charge in [0, 0.05) is 0 Å². The molecule has 6 nitrogen and oxygen atoms in total. The van der Waals surface area contributed by atoms with Crippen LogP contribution in [0.25, 0.3) is 0 Å². The van der Waals surface area contributed by atoms with E-state index in [2.05, 4.69) is 0 Å². The van der Waals surface area contributed by atoms with Crippen molar-refractivity contribution in [2.24, 2.45) is 0 Å². The van der Waals surface area contributed by atoms with E-state index >= 15 is 0 Å². The first-order valence-corrected chi connectivity index (χ1v) is 10.8. The molecule has 2 rings (SSSR count). The van der Waals surface area contributed by atoms with Crippen LogP contribution in [-0.4, -0.2) is 34.6 Å². The maximum atomic E-state index is 13.4. The lowest BCUT2D eigenvalue weighted by molar-refractivity contribution is -0.141. The Morgan fingerprint density at radius 3 is 2.36 bits per heavy atom. The molecule has 0 N–H and O–H groups in total. The van der Waals surface area contributed by atoms with Gasteiger partial charge in [0.2, 0.25) is 0 Å². The molecule has 0 aromatic heterocycles. The molecule has 0 aliphatic carbocycles. The number of hydrogen-bond donors (Lipinski definition) is 0. The van der Waals surface area contributed by atoms with Crippen LogP contribution < -0.4 is 9.04 Å². The van der Waals surface area contributed by atoms with Crippen LogP contribution >= 0.6 is 23.2 Å². The Morgan fingerprint density at radius 1 is 1.07 bits per heavy atom. The lowest BCUT2D eigenvalue weighted by atomic mass is 10.1. The summed E-state index contributed by atoms with van der Waals surface area (Å²) in [5.74, 6) is -0.427. The number of ether oxygens (including phenoxy) is 2. The minimum absolute atomic E-state index is 0.0231. The number of hydrogen-bond acceptors (Lipinski definition) is 5. The Hall–Kier alpha value is -1.96. The number of sulfonamides is 1. The zero-order valence-electron chi connectivity index (χ0n) is 15.7. The van der Waals surface area contributed by atoms with Gasteiger partial charge in [-0.05, 0) is 37.1 Å². The number of anilines is 1. The van der Waals surface area contributed by atoms with E-state index in [-0.39, 0.29) is 27.3 Å². The number of aryl methyl sites for hydroxylation is 1. The van der Waals surface area contributed by atoms with Gasteiger partial charge in [-0.1, -0.05) is 48.3 Å². The van der Waals surface area contributed by atoms with E-state index in [0.717, 1.165) is 9.87 Å². The quantitative estimate of drug-likeness (QED) is 0.565. The average molecular weight is 446 g/mol. The summed E-state index contributed by atoms with van der Waals surface area (Å²) >= 11 is 12.4. The number of rotatable bonds is 8. The molecule has 0 radical (unpaired) electrons. The highest BCUT2D eigenvalue weighted by atomic mass is 35.5. The first-order chi connectivity index (χ1) is 13.3. The molecule has 0 saturated heterocycles. The van der Waals surface area contributed by atoms with E-state index in [4.69, 9.17) is 32.7 Å².